The maximum Gasteiger partial charge on any atom is 0.244 e. The zero-order valence-electron chi connectivity index (χ0n) is 10.3. The van der Waals surface area contributed by atoms with Crippen LogP contribution in [0.5, 0.6) is 0 Å². The molecule has 1 rings (SSSR count). The van der Waals surface area contributed by atoms with Gasteiger partial charge in [0.05, 0.1) is 23.4 Å². The number of halogens is 1. The highest BCUT2D eigenvalue weighted by Crippen LogP contribution is 2.26. The van der Waals surface area contributed by atoms with Crippen molar-refractivity contribution in [1.29, 1.82) is 0 Å². The van der Waals surface area contributed by atoms with Gasteiger partial charge in [-0.15, -0.1) is 0 Å². The summed E-state index contributed by atoms with van der Waals surface area (Å²) in [7, 11) is -3.71. The van der Waals surface area contributed by atoms with Crippen molar-refractivity contribution < 1.29 is 13.2 Å². The van der Waals surface area contributed by atoms with Gasteiger partial charge in [-0.1, -0.05) is 17.7 Å². The Morgan fingerprint density at radius 1 is 1.44 bits per heavy atom. The largest absolute Gasteiger partial charge is 0.398 e. The molecule has 0 saturated carbocycles. The van der Waals surface area contributed by atoms with Gasteiger partial charge in [0.1, 0.15) is 4.90 Å². The van der Waals surface area contributed by atoms with E-state index in [0.29, 0.717) is 6.61 Å². The predicted octanol–water partition coefficient (Wildman–Crippen LogP) is 1.63. The second-order valence-electron chi connectivity index (χ2n) is 3.98. The Hall–Kier alpha value is -0.820. The van der Waals surface area contributed by atoms with Crippen LogP contribution in [-0.4, -0.2) is 27.7 Å². The van der Waals surface area contributed by atoms with Gasteiger partial charge in [0.15, 0.2) is 0 Å². The van der Waals surface area contributed by atoms with Crippen LogP contribution in [0.3, 0.4) is 0 Å². The van der Waals surface area contributed by atoms with Gasteiger partial charge in [0.2, 0.25) is 10.0 Å². The van der Waals surface area contributed by atoms with Gasteiger partial charge in [-0.05, 0) is 26.0 Å². The normalized spacial score (nSPS) is 12.0. The van der Waals surface area contributed by atoms with Gasteiger partial charge in [0.25, 0.3) is 0 Å². The third-order valence-electron chi connectivity index (χ3n) is 2.11. The number of nitrogens with one attached hydrogen (secondary N) is 1. The van der Waals surface area contributed by atoms with Gasteiger partial charge in [-0.2, -0.15) is 0 Å². The SMILES string of the molecule is CC(C)OCCNS(=O)(=O)c1c(N)cccc1Cl. The molecule has 0 aliphatic carbocycles. The van der Waals surface area contributed by atoms with Crippen LogP contribution in [0.4, 0.5) is 5.69 Å². The summed E-state index contributed by atoms with van der Waals surface area (Å²) in [5.74, 6) is 0. The molecule has 0 fully saturated rings. The van der Waals surface area contributed by atoms with Crippen molar-refractivity contribution in [2.45, 2.75) is 24.8 Å². The number of rotatable bonds is 6. The number of sulfonamides is 1. The molecule has 0 aliphatic rings. The average molecular weight is 293 g/mol. The minimum Gasteiger partial charge on any atom is -0.398 e. The lowest BCUT2D eigenvalue weighted by atomic mass is 10.3. The second-order valence-corrected chi connectivity index (χ2v) is 6.09. The van der Waals surface area contributed by atoms with Crippen molar-refractivity contribution in [2.75, 3.05) is 18.9 Å². The number of nitrogens with two attached hydrogens (primary N) is 1. The van der Waals surface area contributed by atoms with E-state index in [1.165, 1.54) is 12.1 Å². The average Bonchev–Trinajstić information content (AvgIpc) is 2.23. The molecule has 102 valence electrons. The molecule has 3 N–H and O–H groups in total. The lowest BCUT2D eigenvalue weighted by Gasteiger charge is -2.11. The van der Waals surface area contributed by atoms with Gasteiger partial charge < -0.3 is 10.5 Å². The number of nitrogen functional groups attached to an aromatic ring is 1. The van der Waals surface area contributed by atoms with Crippen LogP contribution < -0.4 is 10.5 Å². The standard InChI is InChI=1S/C11H17ClN2O3S/c1-8(2)17-7-6-14-18(15,16)11-9(12)4-3-5-10(11)13/h3-5,8,14H,6-7,13H2,1-2H3. The van der Waals surface area contributed by atoms with E-state index in [-0.39, 0.29) is 28.3 Å². The van der Waals surface area contributed by atoms with Gasteiger partial charge >= 0.3 is 0 Å². The molecule has 0 atom stereocenters. The van der Waals surface area contributed by atoms with E-state index < -0.39 is 10.0 Å². The molecular weight excluding hydrogens is 276 g/mol. The number of hydrogen-bond acceptors (Lipinski definition) is 4. The molecule has 18 heavy (non-hydrogen) atoms. The monoisotopic (exact) mass is 292 g/mol. The van der Waals surface area contributed by atoms with Crippen molar-refractivity contribution in [2.24, 2.45) is 0 Å². The summed E-state index contributed by atoms with van der Waals surface area (Å²) < 4.78 is 31.6. The Kier molecular flexibility index (Phi) is 5.40. The summed E-state index contributed by atoms with van der Waals surface area (Å²) in [6.07, 6.45) is 0.0555. The summed E-state index contributed by atoms with van der Waals surface area (Å²) in [5.41, 5.74) is 5.75. The number of benzene rings is 1. The smallest absolute Gasteiger partial charge is 0.244 e. The highest BCUT2D eigenvalue weighted by atomic mass is 35.5. The van der Waals surface area contributed by atoms with Crippen LogP contribution >= 0.6 is 11.6 Å². The maximum atomic E-state index is 12.0. The third-order valence-corrected chi connectivity index (χ3v) is 4.12. The lowest BCUT2D eigenvalue weighted by molar-refractivity contribution is 0.0834. The lowest BCUT2D eigenvalue weighted by Crippen LogP contribution is -2.29. The van der Waals surface area contributed by atoms with Gasteiger partial charge in [-0.25, -0.2) is 13.1 Å². The molecular formula is C11H17ClN2O3S. The first-order valence-corrected chi connectivity index (χ1v) is 7.36. The second kappa shape index (κ2) is 6.38. The molecule has 0 heterocycles. The zero-order chi connectivity index (χ0) is 13.8. The predicted molar refractivity (Wildman–Crippen MR) is 72.1 cm³/mol. The van der Waals surface area contributed by atoms with Crippen LogP contribution in [-0.2, 0) is 14.8 Å². The summed E-state index contributed by atoms with van der Waals surface area (Å²) >= 11 is 5.85. The quantitative estimate of drug-likeness (QED) is 0.617. The number of anilines is 1. The molecule has 1 aromatic carbocycles. The van der Waals surface area contributed by atoms with E-state index in [9.17, 15) is 8.42 Å². The Morgan fingerprint density at radius 3 is 2.67 bits per heavy atom. The minimum absolute atomic E-state index is 0.0555. The zero-order valence-corrected chi connectivity index (χ0v) is 11.9. The van der Waals surface area contributed by atoms with Gasteiger partial charge in [-0.3, -0.25) is 0 Å². The van der Waals surface area contributed by atoms with E-state index in [1.807, 2.05) is 13.8 Å². The summed E-state index contributed by atoms with van der Waals surface area (Å²) in [5, 5.41) is 0.104. The first-order chi connectivity index (χ1) is 8.34. The fourth-order valence-corrected chi connectivity index (χ4v) is 3.04. The summed E-state index contributed by atoms with van der Waals surface area (Å²) in [4.78, 5) is -0.0868. The molecule has 0 unspecified atom stereocenters. The molecule has 0 amide bonds. The van der Waals surface area contributed by atoms with Crippen molar-refractivity contribution in [3.63, 3.8) is 0 Å². The van der Waals surface area contributed by atoms with Crippen LogP contribution in [0.1, 0.15) is 13.8 Å². The first-order valence-electron chi connectivity index (χ1n) is 5.50. The Balaban J connectivity index is 2.75. The summed E-state index contributed by atoms with van der Waals surface area (Å²) in [6.45, 7) is 4.22. The Labute approximate surface area is 112 Å². The van der Waals surface area contributed by atoms with Crippen LogP contribution in [0.15, 0.2) is 23.1 Å². The highest BCUT2D eigenvalue weighted by molar-refractivity contribution is 7.89. The van der Waals surface area contributed by atoms with Crippen LogP contribution in [0.25, 0.3) is 0 Å². The fraction of sp³-hybridized carbons (Fsp3) is 0.455. The molecule has 0 radical (unpaired) electrons. The maximum absolute atomic E-state index is 12.0. The van der Waals surface area contributed by atoms with Crippen molar-refractivity contribution in [1.82, 2.24) is 4.72 Å². The number of hydrogen-bond donors (Lipinski definition) is 2. The first kappa shape index (κ1) is 15.2. The summed E-state index contributed by atoms with van der Waals surface area (Å²) in [6, 6.07) is 4.57. The van der Waals surface area contributed by atoms with Crippen LogP contribution in [0.2, 0.25) is 5.02 Å². The third kappa shape index (κ3) is 4.13. The van der Waals surface area contributed by atoms with E-state index in [2.05, 4.69) is 4.72 Å². The van der Waals surface area contributed by atoms with E-state index >= 15 is 0 Å². The molecule has 0 spiro atoms. The molecule has 0 bridgehead atoms. The van der Waals surface area contributed by atoms with Crippen LogP contribution in [0, 0.1) is 0 Å². The van der Waals surface area contributed by atoms with Crippen molar-refractivity contribution in [3.05, 3.63) is 23.2 Å². The molecule has 0 aliphatic heterocycles. The molecule has 1 aromatic rings. The van der Waals surface area contributed by atoms with Gasteiger partial charge in [0, 0.05) is 6.54 Å². The molecule has 7 heteroatoms. The number of ether oxygens (including phenoxy) is 1. The highest BCUT2D eigenvalue weighted by Gasteiger charge is 2.20. The van der Waals surface area contributed by atoms with E-state index in [1.54, 1.807) is 6.07 Å². The fourth-order valence-electron chi connectivity index (χ4n) is 1.35. The van der Waals surface area contributed by atoms with E-state index in [0.717, 1.165) is 0 Å². The Bertz CT molecular complexity index is 483. The van der Waals surface area contributed by atoms with Crippen molar-refractivity contribution in [3.8, 4) is 0 Å². The molecule has 0 aromatic heterocycles. The molecule has 0 saturated heterocycles. The topological polar surface area (TPSA) is 81.4 Å². The van der Waals surface area contributed by atoms with Crippen molar-refractivity contribution >= 4 is 27.3 Å². The molecule has 5 nitrogen and oxygen atoms in total. The minimum atomic E-state index is -3.71. The Morgan fingerprint density at radius 2 is 2.11 bits per heavy atom. The van der Waals surface area contributed by atoms with E-state index in [4.69, 9.17) is 22.1 Å².